The summed E-state index contributed by atoms with van der Waals surface area (Å²) in [5, 5.41) is 0.637. The number of ether oxygens (including phenoxy) is 1. The van der Waals surface area contributed by atoms with Gasteiger partial charge in [-0.1, -0.05) is 23.7 Å². The van der Waals surface area contributed by atoms with Crippen molar-refractivity contribution in [2.45, 2.75) is 25.4 Å². The fraction of sp³-hybridized carbons (Fsp3) is 0.300. The number of aromatic nitrogens is 2. The lowest BCUT2D eigenvalue weighted by Crippen LogP contribution is -2.57. The molecule has 1 N–H and O–H groups in total. The molecular weight excluding hydrogens is 350 g/mol. The molecule has 1 saturated heterocycles. The van der Waals surface area contributed by atoms with E-state index in [1.807, 2.05) is 29.2 Å². The molecule has 6 heteroatoms. The van der Waals surface area contributed by atoms with Crippen LogP contribution >= 0.6 is 11.6 Å². The number of benzene rings is 2. The maximum Gasteiger partial charge on any atom is 0.266 e. The van der Waals surface area contributed by atoms with Crippen molar-refractivity contribution in [3.63, 3.8) is 0 Å². The minimum absolute atomic E-state index is 0.0280. The summed E-state index contributed by atoms with van der Waals surface area (Å²) in [5.41, 5.74) is 1.05. The molecule has 4 rings (SSSR count). The first-order valence-corrected chi connectivity index (χ1v) is 8.99. The summed E-state index contributed by atoms with van der Waals surface area (Å²) in [6.45, 7) is 4.87. The van der Waals surface area contributed by atoms with E-state index in [1.54, 1.807) is 38.1 Å². The van der Waals surface area contributed by atoms with Crippen LogP contribution in [0.5, 0.6) is 5.75 Å². The van der Waals surface area contributed by atoms with Crippen LogP contribution in [0.15, 0.2) is 48.5 Å². The Bertz CT molecular complexity index is 910. The van der Waals surface area contributed by atoms with Crippen LogP contribution in [0.1, 0.15) is 25.6 Å². The summed E-state index contributed by atoms with van der Waals surface area (Å²) < 4.78 is 5.89. The average molecular weight is 370 g/mol. The first-order valence-electron chi connectivity index (χ1n) is 8.61. The minimum atomic E-state index is -0.938. The molecule has 0 atom stereocenters. The van der Waals surface area contributed by atoms with E-state index in [9.17, 15) is 4.79 Å². The number of carbonyl (C=O) groups is 1. The molecule has 5 nitrogen and oxygen atoms in total. The molecule has 2 aromatic carbocycles. The molecular formula is C20H20ClN3O2. The van der Waals surface area contributed by atoms with Crippen LogP contribution in [-0.4, -0.2) is 39.5 Å². The summed E-state index contributed by atoms with van der Waals surface area (Å²) in [5.74, 6) is 1.77. The highest BCUT2D eigenvalue weighted by atomic mass is 35.5. The number of H-pyrrole nitrogens is 1. The fourth-order valence-corrected chi connectivity index (χ4v) is 3.33. The first-order chi connectivity index (χ1) is 12.4. The van der Waals surface area contributed by atoms with E-state index in [1.165, 1.54) is 0 Å². The number of halogens is 1. The molecule has 0 unspecified atom stereocenters. The second-order valence-corrected chi connectivity index (χ2v) is 7.55. The third-order valence-corrected chi connectivity index (χ3v) is 4.92. The van der Waals surface area contributed by atoms with Gasteiger partial charge < -0.3 is 14.6 Å². The summed E-state index contributed by atoms with van der Waals surface area (Å²) in [4.78, 5) is 22.6. The van der Waals surface area contributed by atoms with E-state index >= 15 is 0 Å². The predicted molar refractivity (Wildman–Crippen MR) is 102 cm³/mol. The predicted octanol–water partition coefficient (Wildman–Crippen LogP) is 4.00. The van der Waals surface area contributed by atoms with Gasteiger partial charge in [0.2, 0.25) is 0 Å². The lowest BCUT2D eigenvalue weighted by molar-refractivity contribution is -0.150. The Morgan fingerprint density at radius 3 is 2.58 bits per heavy atom. The Hall–Kier alpha value is -2.53. The summed E-state index contributed by atoms with van der Waals surface area (Å²) in [7, 11) is 0. The van der Waals surface area contributed by atoms with Crippen molar-refractivity contribution in [3.05, 3.63) is 59.4 Å². The van der Waals surface area contributed by atoms with Crippen molar-refractivity contribution in [1.82, 2.24) is 14.9 Å². The standard InChI is InChI=1S/C20H20ClN3O2/c1-20(2,26-15-9-7-14(21)8-10-15)19(25)24-11-13(12-24)18-22-16-5-3-4-6-17(16)23-18/h3-10,13H,11-12H2,1-2H3,(H,22,23). The first kappa shape index (κ1) is 16.9. The van der Waals surface area contributed by atoms with Crippen molar-refractivity contribution >= 4 is 28.5 Å². The second-order valence-electron chi connectivity index (χ2n) is 7.11. The lowest BCUT2D eigenvalue weighted by Gasteiger charge is -2.42. The molecule has 1 amide bonds. The Morgan fingerprint density at radius 1 is 1.19 bits per heavy atom. The van der Waals surface area contributed by atoms with Crippen LogP contribution in [-0.2, 0) is 4.79 Å². The van der Waals surface area contributed by atoms with Crippen LogP contribution in [0.4, 0.5) is 0 Å². The van der Waals surface area contributed by atoms with E-state index < -0.39 is 5.60 Å². The third-order valence-electron chi connectivity index (χ3n) is 4.66. The molecule has 0 bridgehead atoms. The van der Waals surface area contributed by atoms with Crippen LogP contribution in [0.2, 0.25) is 5.02 Å². The van der Waals surface area contributed by atoms with E-state index in [0.717, 1.165) is 16.9 Å². The van der Waals surface area contributed by atoms with Crippen LogP contribution in [0.25, 0.3) is 11.0 Å². The van der Waals surface area contributed by atoms with Crippen LogP contribution < -0.4 is 4.74 Å². The van der Waals surface area contributed by atoms with Gasteiger partial charge in [-0.05, 0) is 50.2 Å². The van der Waals surface area contributed by atoms with Crippen molar-refractivity contribution in [2.24, 2.45) is 0 Å². The minimum Gasteiger partial charge on any atom is -0.478 e. The number of fused-ring (bicyclic) bond motifs is 1. The van der Waals surface area contributed by atoms with Gasteiger partial charge in [-0.25, -0.2) is 4.98 Å². The molecule has 134 valence electrons. The Kier molecular flexibility index (Phi) is 4.11. The normalized spacial score (nSPS) is 15.1. The van der Waals surface area contributed by atoms with Crippen LogP contribution in [0, 0.1) is 0 Å². The molecule has 0 aliphatic carbocycles. The third kappa shape index (κ3) is 3.15. The van der Waals surface area contributed by atoms with Gasteiger partial charge in [0.1, 0.15) is 11.6 Å². The number of imidazole rings is 1. The Balaban J connectivity index is 1.40. The number of likely N-dealkylation sites (tertiary alicyclic amines) is 1. The van der Waals surface area contributed by atoms with Gasteiger partial charge in [-0.15, -0.1) is 0 Å². The van der Waals surface area contributed by atoms with Gasteiger partial charge in [0.25, 0.3) is 5.91 Å². The molecule has 1 aliphatic heterocycles. The Labute approximate surface area is 156 Å². The van der Waals surface area contributed by atoms with Crippen molar-refractivity contribution in [3.8, 4) is 5.75 Å². The van der Waals surface area contributed by atoms with E-state index in [2.05, 4.69) is 9.97 Å². The number of rotatable bonds is 4. The number of carbonyl (C=O) groups excluding carboxylic acids is 1. The second kappa shape index (κ2) is 6.32. The number of para-hydroxylation sites is 2. The molecule has 26 heavy (non-hydrogen) atoms. The van der Waals surface area contributed by atoms with Crippen LogP contribution in [0.3, 0.4) is 0 Å². The van der Waals surface area contributed by atoms with E-state index in [0.29, 0.717) is 23.9 Å². The highest BCUT2D eigenvalue weighted by Gasteiger charge is 2.41. The SMILES string of the molecule is CC(C)(Oc1ccc(Cl)cc1)C(=O)N1CC(c2nc3ccccc3[nH]2)C1. The smallest absolute Gasteiger partial charge is 0.266 e. The lowest BCUT2D eigenvalue weighted by atomic mass is 9.96. The van der Waals surface area contributed by atoms with Gasteiger partial charge in [0, 0.05) is 18.1 Å². The zero-order chi connectivity index (χ0) is 18.3. The fourth-order valence-electron chi connectivity index (χ4n) is 3.20. The number of amides is 1. The molecule has 1 aromatic heterocycles. The molecule has 0 radical (unpaired) electrons. The van der Waals surface area contributed by atoms with Crippen molar-refractivity contribution in [2.75, 3.05) is 13.1 Å². The quantitative estimate of drug-likeness (QED) is 0.756. The topological polar surface area (TPSA) is 58.2 Å². The van der Waals surface area contributed by atoms with Crippen molar-refractivity contribution < 1.29 is 9.53 Å². The summed E-state index contributed by atoms with van der Waals surface area (Å²) in [6, 6.07) is 15.0. The highest BCUT2D eigenvalue weighted by Crippen LogP contribution is 2.30. The maximum absolute atomic E-state index is 12.8. The van der Waals surface area contributed by atoms with Gasteiger partial charge in [0.05, 0.1) is 17.0 Å². The number of nitrogens with zero attached hydrogens (tertiary/aromatic N) is 2. The van der Waals surface area contributed by atoms with Gasteiger partial charge >= 0.3 is 0 Å². The highest BCUT2D eigenvalue weighted by molar-refractivity contribution is 6.30. The van der Waals surface area contributed by atoms with Crippen molar-refractivity contribution in [1.29, 1.82) is 0 Å². The van der Waals surface area contributed by atoms with E-state index in [4.69, 9.17) is 16.3 Å². The number of aromatic amines is 1. The number of nitrogens with one attached hydrogen (secondary N) is 1. The molecule has 3 aromatic rings. The largest absolute Gasteiger partial charge is 0.478 e. The maximum atomic E-state index is 12.8. The zero-order valence-corrected chi connectivity index (χ0v) is 15.5. The number of hydrogen-bond acceptors (Lipinski definition) is 3. The molecule has 0 spiro atoms. The van der Waals surface area contributed by atoms with Gasteiger partial charge in [-0.2, -0.15) is 0 Å². The summed E-state index contributed by atoms with van der Waals surface area (Å²) >= 11 is 5.89. The monoisotopic (exact) mass is 369 g/mol. The van der Waals surface area contributed by atoms with E-state index in [-0.39, 0.29) is 11.8 Å². The summed E-state index contributed by atoms with van der Waals surface area (Å²) in [6.07, 6.45) is 0. The van der Waals surface area contributed by atoms with Gasteiger partial charge in [0.15, 0.2) is 5.60 Å². The molecule has 1 aliphatic rings. The number of hydrogen-bond donors (Lipinski definition) is 1. The molecule has 2 heterocycles. The van der Waals surface area contributed by atoms with Gasteiger partial charge in [-0.3, -0.25) is 4.79 Å². The average Bonchev–Trinajstić information content (AvgIpc) is 2.98. The molecule has 1 fully saturated rings. The zero-order valence-electron chi connectivity index (χ0n) is 14.7. The Morgan fingerprint density at radius 2 is 1.88 bits per heavy atom. The molecule has 0 saturated carbocycles.